The summed E-state index contributed by atoms with van der Waals surface area (Å²) in [5.41, 5.74) is 0. The van der Waals surface area contributed by atoms with Crippen LogP contribution in [0, 0.1) is 14.1 Å². The maximum atomic E-state index is 9.58. The van der Waals surface area contributed by atoms with Gasteiger partial charge in [-0.1, -0.05) is 0 Å². The van der Waals surface area contributed by atoms with Gasteiger partial charge in [-0.05, 0) is 0 Å². The summed E-state index contributed by atoms with van der Waals surface area (Å²) in [6.07, 6.45) is 0. The van der Waals surface area contributed by atoms with Crippen LogP contribution >= 0.6 is 0 Å². The molecule has 0 aromatic heterocycles. The fourth-order valence-electron chi connectivity index (χ4n) is 0. The van der Waals surface area contributed by atoms with E-state index in [1.807, 2.05) is 0 Å². The van der Waals surface area contributed by atoms with Crippen LogP contribution in [0.4, 0.5) is 13.2 Å². The van der Waals surface area contributed by atoms with Crippen LogP contribution in [-0.4, -0.2) is 0 Å². The van der Waals surface area contributed by atoms with Gasteiger partial charge in [-0.15, -0.1) is 0 Å². The maximum Gasteiger partial charge on any atom is 0.487 e. The number of hydrogen-bond donors (Lipinski definition) is 0. The van der Waals surface area contributed by atoms with Crippen LogP contribution in [-0.2, 0) is 0 Å². The highest BCUT2D eigenvalue weighted by Crippen LogP contribution is 1.99. The molecule has 0 unspecified atom stereocenters. The van der Waals surface area contributed by atoms with Crippen LogP contribution in [0.25, 0.3) is 0 Å². The summed E-state index contributed by atoms with van der Waals surface area (Å²) >= 11 is 0. The first-order valence-corrected chi connectivity index (χ1v) is 0.567. The highest BCUT2D eigenvalue weighted by Gasteiger charge is 1.93. The lowest BCUT2D eigenvalue weighted by Gasteiger charge is -1.60. The smallest absolute Gasteiger partial charge is 0.162 e. The Kier molecular flexibility index (Phi) is 6.70. The van der Waals surface area contributed by atoms with Crippen LogP contribution in [0.2, 0.25) is 0 Å². The molecule has 29 valence electrons. The van der Waals surface area contributed by atoms with Crippen molar-refractivity contribution in [2.75, 3.05) is 0 Å². The van der Waals surface area contributed by atoms with E-state index in [0.29, 0.717) is 0 Å². The molecule has 0 saturated heterocycles. The van der Waals surface area contributed by atoms with Crippen LogP contribution in [0.5, 0.6) is 0 Å². The molecule has 0 nitrogen and oxygen atoms in total. The fourth-order valence-corrected chi connectivity index (χ4v) is 0. The molecule has 0 bridgehead atoms. The molecule has 0 N–H and O–H groups in total. The van der Waals surface area contributed by atoms with E-state index in [0.717, 1.165) is 0 Å². The van der Waals surface area contributed by atoms with Crippen LogP contribution in [0.1, 0.15) is 0 Å². The van der Waals surface area contributed by atoms with Crippen molar-refractivity contribution in [3.63, 3.8) is 0 Å². The zero-order valence-electron chi connectivity index (χ0n) is 2.13. The standard InChI is InChI=1S/CF3.C/c2-1(3)4;. The summed E-state index contributed by atoms with van der Waals surface area (Å²) in [4.78, 5) is 0. The maximum absolute atomic E-state index is 9.58. The van der Waals surface area contributed by atoms with E-state index >= 15 is 0 Å². The topological polar surface area (TPSA) is 0 Å². The van der Waals surface area contributed by atoms with E-state index in [9.17, 15) is 13.2 Å². The van der Waals surface area contributed by atoms with Crippen molar-refractivity contribution in [3.05, 3.63) is 14.1 Å². The van der Waals surface area contributed by atoms with Crippen molar-refractivity contribution in [2.45, 2.75) is 0 Å². The van der Waals surface area contributed by atoms with Crippen molar-refractivity contribution in [1.29, 1.82) is 0 Å². The van der Waals surface area contributed by atoms with E-state index in [1.54, 1.807) is 0 Å². The third-order valence-corrected chi connectivity index (χ3v) is 0. The SMILES string of the molecule is F[C](F)F.[C]. The summed E-state index contributed by atoms with van der Waals surface area (Å²) in [6.45, 7) is -3.08. The molecule has 3 heteroatoms. The Labute approximate surface area is 28.6 Å². The van der Waals surface area contributed by atoms with Gasteiger partial charge in [-0.3, -0.25) is 0 Å². The van der Waals surface area contributed by atoms with Crippen molar-refractivity contribution in [2.24, 2.45) is 0 Å². The Bertz CT molecular complexity index is 9.61. The summed E-state index contributed by atoms with van der Waals surface area (Å²) < 4.78 is 28.8. The third-order valence-electron chi connectivity index (χ3n) is 0. The van der Waals surface area contributed by atoms with Crippen LogP contribution in [0.15, 0.2) is 0 Å². The Morgan fingerprint density at radius 2 is 1.00 bits per heavy atom. The highest BCUT2D eigenvalue weighted by atomic mass is 19.4. The lowest BCUT2D eigenvalue weighted by atomic mass is 11.6. The van der Waals surface area contributed by atoms with Crippen molar-refractivity contribution in [1.82, 2.24) is 0 Å². The van der Waals surface area contributed by atoms with Crippen LogP contribution in [0.3, 0.4) is 0 Å². The third kappa shape index (κ3) is 275. The van der Waals surface area contributed by atoms with Gasteiger partial charge in [0.15, 0.2) is 0 Å². The molecule has 0 aromatic rings. The average Bonchev–Trinajstić information content (AvgIpc) is 0.811. The minimum Gasteiger partial charge on any atom is -0.162 e. The number of rotatable bonds is 0. The van der Waals surface area contributed by atoms with Crippen molar-refractivity contribution in [3.8, 4) is 0 Å². The Hall–Kier alpha value is -0.210. The predicted octanol–water partition coefficient (Wildman–Crippen LogP) is 1.42. The van der Waals surface area contributed by atoms with Gasteiger partial charge in [0.2, 0.25) is 0 Å². The molecule has 0 aliphatic rings. The molecule has 0 amide bonds. The Morgan fingerprint density at radius 3 is 1.00 bits per heavy atom. The quantitative estimate of drug-likeness (QED) is 0.413. The molecule has 0 spiro atoms. The fraction of sp³-hybridized carbons (Fsp3) is 0. The molecule has 0 heterocycles. The largest absolute Gasteiger partial charge is 0.487 e. The Balaban J connectivity index is 0. The van der Waals surface area contributed by atoms with E-state index in [2.05, 4.69) is 0 Å². The van der Waals surface area contributed by atoms with Gasteiger partial charge in [0.25, 0.3) is 0 Å². The van der Waals surface area contributed by atoms with Gasteiger partial charge < -0.3 is 0 Å². The average molecular weight is 81.0 g/mol. The molecule has 0 saturated carbocycles. The zero-order valence-corrected chi connectivity index (χ0v) is 2.13. The summed E-state index contributed by atoms with van der Waals surface area (Å²) in [6, 6.07) is 0. The van der Waals surface area contributed by atoms with Gasteiger partial charge >= 0.3 is 6.68 Å². The Morgan fingerprint density at radius 1 is 1.00 bits per heavy atom. The molecule has 0 rings (SSSR count). The minimum absolute atomic E-state index is 0. The van der Waals surface area contributed by atoms with E-state index in [-0.39, 0.29) is 7.43 Å². The number of halogens is 3. The molecule has 0 aliphatic carbocycles. The minimum atomic E-state index is -3.08. The van der Waals surface area contributed by atoms with Crippen molar-refractivity contribution < 1.29 is 13.2 Å². The van der Waals surface area contributed by atoms with Gasteiger partial charge in [0, 0.05) is 7.43 Å². The second-order valence-corrected chi connectivity index (χ2v) is 0.214. The number of hydrogen-bond acceptors (Lipinski definition) is 0. The molecule has 5 radical (unpaired) electrons. The highest BCUT2D eigenvalue weighted by molar-refractivity contribution is 4.21. The van der Waals surface area contributed by atoms with E-state index in [4.69, 9.17) is 0 Å². The molecule has 0 fully saturated rings. The molecule has 0 aliphatic heterocycles. The van der Waals surface area contributed by atoms with Crippen molar-refractivity contribution >= 4 is 0 Å². The monoisotopic (exact) mass is 81.0 g/mol. The summed E-state index contributed by atoms with van der Waals surface area (Å²) in [7, 11) is 0. The van der Waals surface area contributed by atoms with Gasteiger partial charge in [0.1, 0.15) is 0 Å². The van der Waals surface area contributed by atoms with Gasteiger partial charge in [0.05, 0.1) is 0 Å². The molecule has 0 atom stereocenters. The molecule has 0 aromatic carbocycles. The lowest BCUT2D eigenvalue weighted by Crippen LogP contribution is -1.49. The molecular formula is C2F3. The van der Waals surface area contributed by atoms with Gasteiger partial charge in [-0.2, -0.15) is 13.2 Å². The first-order valence-electron chi connectivity index (χ1n) is 0.567. The normalized spacial score (nSPS) is 7.20. The van der Waals surface area contributed by atoms with Gasteiger partial charge in [-0.25, -0.2) is 0 Å². The second kappa shape index (κ2) is 3.79. The van der Waals surface area contributed by atoms with Crippen LogP contribution < -0.4 is 0 Å². The lowest BCUT2D eigenvalue weighted by molar-refractivity contribution is 0.142. The summed E-state index contributed by atoms with van der Waals surface area (Å²) in [5, 5.41) is 0. The molecule has 5 heavy (non-hydrogen) atoms. The predicted molar refractivity (Wildman–Crippen MR) is 9.81 cm³/mol. The zero-order chi connectivity index (χ0) is 3.58. The van der Waals surface area contributed by atoms with E-state index in [1.165, 1.54) is 0 Å². The molecular weight excluding hydrogens is 81.0 g/mol. The first-order chi connectivity index (χ1) is 1.73. The first kappa shape index (κ1) is 8.84. The second-order valence-electron chi connectivity index (χ2n) is 0.214. The van der Waals surface area contributed by atoms with E-state index < -0.39 is 6.68 Å². The summed E-state index contributed by atoms with van der Waals surface area (Å²) in [5.74, 6) is 0.